The summed E-state index contributed by atoms with van der Waals surface area (Å²) in [7, 11) is 6.04. The second-order valence-corrected chi connectivity index (χ2v) is 2.72. The molecule has 0 aliphatic carbocycles. The van der Waals surface area contributed by atoms with Crippen LogP contribution < -0.4 is 5.11 Å². The molecule has 2 heteroatoms. The number of hydrogen-bond acceptors (Lipinski definition) is 1. The molecule has 0 amide bonds. The number of quaternary nitrogens is 1. The van der Waals surface area contributed by atoms with Gasteiger partial charge < -0.3 is 9.59 Å². The van der Waals surface area contributed by atoms with Crippen molar-refractivity contribution in [3.8, 4) is 0 Å². The molecule has 0 aliphatic heterocycles. The molecule has 0 aromatic rings. The van der Waals surface area contributed by atoms with Gasteiger partial charge in [-0.3, -0.25) is 0 Å². The molecule has 0 rings (SSSR count). The Morgan fingerprint density at radius 1 is 1.29 bits per heavy atom. The zero-order valence-corrected chi connectivity index (χ0v) is 5.27. The van der Waals surface area contributed by atoms with Gasteiger partial charge in [-0.1, -0.05) is 6.61 Å². The zero-order chi connectivity index (χ0) is 5.91. The molecule has 0 bridgehead atoms. The van der Waals surface area contributed by atoms with E-state index in [1.165, 1.54) is 0 Å². The number of likely N-dealkylation sites (N-methyl/N-ethyl adjacent to an activating group) is 1. The molecule has 0 N–H and O–H groups in total. The lowest BCUT2D eigenvalue weighted by atomic mass is 10.5. The van der Waals surface area contributed by atoms with Gasteiger partial charge >= 0.3 is 0 Å². The first kappa shape index (κ1) is 6.92. The fourth-order valence-corrected chi connectivity index (χ4v) is 0.274. The van der Waals surface area contributed by atoms with Crippen molar-refractivity contribution in [3.05, 3.63) is 0 Å². The predicted molar refractivity (Wildman–Crippen MR) is 27.8 cm³/mol. The Balaban J connectivity index is 3.15. The van der Waals surface area contributed by atoms with Crippen LogP contribution in [-0.2, 0) is 0 Å². The van der Waals surface area contributed by atoms with Gasteiger partial charge in [0.2, 0.25) is 0 Å². The fraction of sp³-hybridized carbons (Fsp3) is 1.00. The van der Waals surface area contributed by atoms with Crippen molar-refractivity contribution in [3.63, 3.8) is 0 Å². The van der Waals surface area contributed by atoms with E-state index in [-0.39, 0.29) is 6.61 Å². The lowest BCUT2D eigenvalue weighted by Crippen LogP contribution is -2.39. The second kappa shape index (κ2) is 2.28. The molecule has 44 valence electrons. The Labute approximate surface area is 45.0 Å². The molecule has 0 atom stereocenters. The predicted octanol–water partition coefficient (Wildman–Crippen LogP) is -0.947. The highest BCUT2D eigenvalue weighted by atomic mass is 16.3. The number of nitrogens with zero attached hydrogens (tertiary/aromatic N) is 1. The molecule has 0 saturated carbocycles. The third-order valence-corrected chi connectivity index (χ3v) is 0.762. The van der Waals surface area contributed by atoms with Crippen LogP contribution in [0.3, 0.4) is 0 Å². The first-order valence-corrected chi connectivity index (χ1v) is 2.45. The Bertz CT molecular complexity index is 46.5. The Kier molecular flexibility index (Phi) is 2.26. The van der Waals surface area contributed by atoms with Gasteiger partial charge in [0.05, 0.1) is 27.7 Å². The normalized spacial score (nSPS) is 12.0. The molecule has 0 spiro atoms. The minimum atomic E-state index is 0.0312. The molecule has 7 heavy (non-hydrogen) atoms. The van der Waals surface area contributed by atoms with Crippen LogP contribution in [0.2, 0.25) is 0 Å². The first-order chi connectivity index (χ1) is 3.06. The summed E-state index contributed by atoms with van der Waals surface area (Å²) in [4.78, 5) is 0. The van der Waals surface area contributed by atoms with E-state index in [9.17, 15) is 5.11 Å². The van der Waals surface area contributed by atoms with Crippen molar-refractivity contribution < 1.29 is 9.59 Å². The molecule has 0 unspecified atom stereocenters. The topological polar surface area (TPSA) is 23.1 Å². The second-order valence-electron chi connectivity index (χ2n) is 2.72. The molecule has 0 aromatic carbocycles. The minimum Gasteiger partial charge on any atom is -0.850 e. The summed E-state index contributed by atoms with van der Waals surface area (Å²) in [5.41, 5.74) is 0. The van der Waals surface area contributed by atoms with Gasteiger partial charge in [0.15, 0.2) is 0 Å². The van der Waals surface area contributed by atoms with Crippen molar-refractivity contribution in [2.24, 2.45) is 0 Å². The third kappa shape index (κ3) is 5.92. The van der Waals surface area contributed by atoms with Crippen molar-refractivity contribution in [1.29, 1.82) is 0 Å². The van der Waals surface area contributed by atoms with Gasteiger partial charge in [-0.15, -0.1) is 0 Å². The summed E-state index contributed by atoms with van der Waals surface area (Å²) in [5, 5.41) is 9.93. The van der Waals surface area contributed by atoms with E-state index in [0.717, 1.165) is 11.0 Å². The highest BCUT2D eigenvalue weighted by Crippen LogP contribution is 1.83. The smallest absolute Gasteiger partial charge is 0.0676 e. The van der Waals surface area contributed by atoms with Gasteiger partial charge in [0.25, 0.3) is 0 Å². The van der Waals surface area contributed by atoms with Gasteiger partial charge in [0, 0.05) is 0 Å². The van der Waals surface area contributed by atoms with Crippen molar-refractivity contribution >= 4 is 0 Å². The highest BCUT2D eigenvalue weighted by molar-refractivity contribution is 4.17. The van der Waals surface area contributed by atoms with Crippen molar-refractivity contribution in [1.82, 2.24) is 0 Å². The summed E-state index contributed by atoms with van der Waals surface area (Å²) in [5.74, 6) is 0. The molecule has 0 aromatic heterocycles. The maximum atomic E-state index is 9.93. The van der Waals surface area contributed by atoms with Crippen LogP contribution in [0.25, 0.3) is 0 Å². The summed E-state index contributed by atoms with van der Waals surface area (Å²) >= 11 is 0. The Hall–Kier alpha value is -0.0800. The van der Waals surface area contributed by atoms with Crippen LogP contribution in [0, 0.1) is 0 Å². The zero-order valence-electron chi connectivity index (χ0n) is 5.27. The summed E-state index contributed by atoms with van der Waals surface area (Å²) in [6, 6.07) is 0. The monoisotopic (exact) mass is 103 g/mol. The van der Waals surface area contributed by atoms with Crippen LogP contribution in [0.4, 0.5) is 0 Å². The van der Waals surface area contributed by atoms with Crippen LogP contribution >= 0.6 is 0 Å². The molecular weight excluding hydrogens is 90.1 g/mol. The van der Waals surface area contributed by atoms with Gasteiger partial charge in [-0.05, 0) is 0 Å². The quantitative estimate of drug-likeness (QED) is 0.413. The van der Waals surface area contributed by atoms with Crippen LogP contribution in [0.1, 0.15) is 0 Å². The molecule has 0 fully saturated rings. The van der Waals surface area contributed by atoms with Gasteiger partial charge in [0.1, 0.15) is 0 Å². The number of rotatable bonds is 2. The fourth-order valence-electron chi connectivity index (χ4n) is 0.274. The third-order valence-electron chi connectivity index (χ3n) is 0.762. The molecule has 0 heterocycles. The number of hydrogen-bond donors (Lipinski definition) is 0. The molecule has 0 aliphatic rings. The van der Waals surface area contributed by atoms with E-state index in [4.69, 9.17) is 0 Å². The Morgan fingerprint density at radius 3 is 1.71 bits per heavy atom. The van der Waals surface area contributed by atoms with E-state index in [1.807, 2.05) is 21.1 Å². The van der Waals surface area contributed by atoms with Crippen molar-refractivity contribution in [2.45, 2.75) is 0 Å². The van der Waals surface area contributed by atoms with Crippen LogP contribution in [0.15, 0.2) is 0 Å². The molecule has 0 radical (unpaired) electrons. The van der Waals surface area contributed by atoms with Gasteiger partial charge in [-0.25, -0.2) is 0 Å². The summed E-state index contributed by atoms with van der Waals surface area (Å²) in [6.45, 7) is 0.753. The van der Waals surface area contributed by atoms with E-state index < -0.39 is 0 Å². The lowest BCUT2D eigenvalue weighted by Gasteiger charge is -2.25. The van der Waals surface area contributed by atoms with Crippen LogP contribution in [0.5, 0.6) is 0 Å². The highest BCUT2D eigenvalue weighted by Gasteiger charge is 1.99. The van der Waals surface area contributed by atoms with Crippen LogP contribution in [-0.4, -0.2) is 38.8 Å². The lowest BCUT2D eigenvalue weighted by molar-refractivity contribution is -0.875. The first-order valence-electron chi connectivity index (χ1n) is 2.45. The maximum Gasteiger partial charge on any atom is 0.0676 e. The standard InChI is InChI=1S/C5H13NO/c1-6(2,3)4-5-7/h4-5H2,1-3H3. The SMILES string of the molecule is C[N+](C)(C)CC[O-]. The van der Waals surface area contributed by atoms with E-state index in [1.54, 1.807) is 0 Å². The summed E-state index contributed by atoms with van der Waals surface area (Å²) < 4.78 is 0.781. The largest absolute Gasteiger partial charge is 0.850 e. The van der Waals surface area contributed by atoms with E-state index >= 15 is 0 Å². The Morgan fingerprint density at radius 2 is 1.71 bits per heavy atom. The maximum absolute atomic E-state index is 9.93. The molecule has 0 saturated heterocycles. The van der Waals surface area contributed by atoms with E-state index in [0.29, 0.717) is 0 Å². The van der Waals surface area contributed by atoms with E-state index in [2.05, 4.69) is 0 Å². The summed E-state index contributed by atoms with van der Waals surface area (Å²) in [6.07, 6.45) is 0. The average Bonchev–Trinajstić information content (AvgIpc) is 1.30. The molecule has 2 nitrogen and oxygen atoms in total. The minimum absolute atomic E-state index is 0.0312. The average molecular weight is 103 g/mol. The van der Waals surface area contributed by atoms with Crippen molar-refractivity contribution in [2.75, 3.05) is 34.3 Å². The van der Waals surface area contributed by atoms with Gasteiger partial charge in [-0.2, -0.15) is 0 Å². The molecular formula is C5H13NO.